The Morgan fingerprint density at radius 1 is 1.06 bits per heavy atom. The molecule has 8 heteroatoms. The van der Waals surface area contributed by atoms with E-state index in [9.17, 15) is 23.6 Å². The highest BCUT2D eigenvalue weighted by Crippen LogP contribution is 2.31. The van der Waals surface area contributed by atoms with Crippen LogP contribution in [0.3, 0.4) is 0 Å². The molecule has 31 heavy (non-hydrogen) atoms. The molecule has 0 aromatic heterocycles. The summed E-state index contributed by atoms with van der Waals surface area (Å²) in [5.41, 5.74) is -0.141. The average molecular weight is 425 g/mol. The molecule has 0 bridgehead atoms. The minimum Gasteiger partial charge on any atom is -0.326 e. The molecule has 1 saturated heterocycles. The van der Waals surface area contributed by atoms with Crippen LogP contribution >= 0.6 is 0 Å². The first-order valence-corrected chi connectivity index (χ1v) is 9.83. The molecular formula is C23H24FN3O4. The van der Waals surface area contributed by atoms with Crippen molar-refractivity contribution < 1.29 is 23.6 Å². The molecule has 1 heterocycles. The normalized spacial score (nSPS) is 16.4. The number of carbonyl (C=O) groups excluding carboxylic acids is 4. The summed E-state index contributed by atoms with van der Waals surface area (Å²) in [6.07, 6.45) is -0.205. The molecule has 0 radical (unpaired) electrons. The lowest BCUT2D eigenvalue weighted by molar-refractivity contribution is -0.123. The largest absolute Gasteiger partial charge is 0.326 e. The summed E-state index contributed by atoms with van der Waals surface area (Å²) < 4.78 is 14.3. The van der Waals surface area contributed by atoms with Gasteiger partial charge in [-0.05, 0) is 57.2 Å². The van der Waals surface area contributed by atoms with Crippen molar-refractivity contribution in [3.63, 3.8) is 0 Å². The molecule has 0 spiro atoms. The van der Waals surface area contributed by atoms with Gasteiger partial charge in [0.05, 0.1) is 17.7 Å². The first-order valence-electron chi connectivity index (χ1n) is 9.83. The monoisotopic (exact) mass is 425 g/mol. The number of hydrogen-bond donors (Lipinski definition) is 1. The first kappa shape index (κ1) is 22.1. The van der Waals surface area contributed by atoms with Crippen LogP contribution in [0.2, 0.25) is 0 Å². The maximum absolute atomic E-state index is 14.3. The van der Waals surface area contributed by atoms with Gasteiger partial charge in [-0.15, -0.1) is 0 Å². The van der Waals surface area contributed by atoms with E-state index in [2.05, 4.69) is 5.32 Å². The average Bonchev–Trinajstić information content (AvgIpc) is 2.95. The highest BCUT2D eigenvalue weighted by molar-refractivity contribution is 6.23. The number of imide groups is 1. The number of anilines is 2. The molecule has 1 unspecified atom stereocenters. The Labute approximate surface area is 179 Å². The minimum atomic E-state index is -1.06. The fraction of sp³-hybridized carbons (Fsp3) is 0.304. The van der Waals surface area contributed by atoms with E-state index < -0.39 is 35.1 Å². The van der Waals surface area contributed by atoms with E-state index in [4.69, 9.17) is 0 Å². The number of carbonyl (C=O) groups is 4. The van der Waals surface area contributed by atoms with E-state index in [0.717, 1.165) is 4.90 Å². The van der Waals surface area contributed by atoms with Crippen molar-refractivity contribution in [3.8, 4) is 0 Å². The molecule has 2 aromatic carbocycles. The van der Waals surface area contributed by atoms with Crippen LogP contribution in [0.25, 0.3) is 0 Å². The highest BCUT2D eigenvalue weighted by Gasteiger charge is 2.48. The van der Waals surface area contributed by atoms with E-state index in [1.54, 1.807) is 51.1 Å². The fourth-order valence-corrected chi connectivity index (χ4v) is 3.66. The van der Waals surface area contributed by atoms with E-state index in [1.165, 1.54) is 30.0 Å². The molecule has 0 aliphatic carbocycles. The quantitative estimate of drug-likeness (QED) is 0.761. The van der Waals surface area contributed by atoms with Crippen molar-refractivity contribution in [1.29, 1.82) is 0 Å². The highest BCUT2D eigenvalue weighted by atomic mass is 19.1. The predicted octanol–water partition coefficient (Wildman–Crippen LogP) is 3.36. The summed E-state index contributed by atoms with van der Waals surface area (Å²) in [5.74, 6) is -2.60. The Bertz CT molecular complexity index is 1040. The Kier molecular flexibility index (Phi) is 5.92. The van der Waals surface area contributed by atoms with Crippen molar-refractivity contribution in [2.75, 3.05) is 10.2 Å². The van der Waals surface area contributed by atoms with Crippen molar-refractivity contribution in [2.45, 2.75) is 45.7 Å². The second-order valence-electron chi connectivity index (χ2n) is 8.34. The van der Waals surface area contributed by atoms with Gasteiger partial charge < -0.3 is 10.2 Å². The lowest BCUT2D eigenvalue weighted by Crippen LogP contribution is -2.54. The number of benzene rings is 2. The Balaban J connectivity index is 1.93. The van der Waals surface area contributed by atoms with Gasteiger partial charge in [0, 0.05) is 18.2 Å². The number of halogens is 1. The second kappa shape index (κ2) is 8.29. The second-order valence-corrected chi connectivity index (χ2v) is 8.34. The zero-order valence-electron chi connectivity index (χ0n) is 17.8. The van der Waals surface area contributed by atoms with Gasteiger partial charge in [-0.25, -0.2) is 9.29 Å². The third kappa shape index (κ3) is 4.47. The van der Waals surface area contributed by atoms with Gasteiger partial charge in [0.2, 0.25) is 11.8 Å². The number of rotatable bonds is 4. The molecule has 4 amide bonds. The van der Waals surface area contributed by atoms with Crippen molar-refractivity contribution in [3.05, 3.63) is 59.9 Å². The third-order valence-electron chi connectivity index (χ3n) is 4.93. The number of nitrogens with one attached hydrogen (secondary N) is 1. The first-order chi connectivity index (χ1) is 14.5. The van der Waals surface area contributed by atoms with Crippen LogP contribution in [0.5, 0.6) is 0 Å². The molecule has 1 aliphatic rings. The fourth-order valence-electron chi connectivity index (χ4n) is 3.66. The summed E-state index contributed by atoms with van der Waals surface area (Å²) in [4.78, 5) is 52.7. The van der Waals surface area contributed by atoms with Crippen LogP contribution in [0, 0.1) is 5.82 Å². The zero-order chi connectivity index (χ0) is 22.9. The van der Waals surface area contributed by atoms with Crippen LogP contribution in [-0.4, -0.2) is 40.1 Å². The van der Waals surface area contributed by atoms with Crippen LogP contribution in [0.15, 0.2) is 48.5 Å². The van der Waals surface area contributed by atoms with Gasteiger partial charge in [0.1, 0.15) is 11.9 Å². The molecule has 3 rings (SSSR count). The third-order valence-corrected chi connectivity index (χ3v) is 4.93. The molecule has 1 fully saturated rings. The molecule has 1 N–H and O–H groups in total. The topological polar surface area (TPSA) is 86.8 Å². The summed E-state index contributed by atoms with van der Waals surface area (Å²) >= 11 is 0. The lowest BCUT2D eigenvalue weighted by atomic mass is 9.99. The SMILES string of the molecule is CC(=O)Nc1ccc(N2C(=O)CC(N(C(=O)c3ccccc3F)C(C)(C)C)C2=O)cc1. The molecule has 1 aliphatic heterocycles. The summed E-state index contributed by atoms with van der Waals surface area (Å²) in [5, 5.41) is 2.61. The zero-order valence-corrected chi connectivity index (χ0v) is 17.8. The maximum atomic E-state index is 14.3. The smallest absolute Gasteiger partial charge is 0.257 e. The number of hydrogen-bond acceptors (Lipinski definition) is 4. The van der Waals surface area contributed by atoms with Crippen molar-refractivity contribution in [2.24, 2.45) is 0 Å². The summed E-state index contributed by atoms with van der Waals surface area (Å²) in [7, 11) is 0. The van der Waals surface area contributed by atoms with Crippen LogP contribution in [0.4, 0.5) is 15.8 Å². The van der Waals surface area contributed by atoms with Gasteiger partial charge in [-0.1, -0.05) is 12.1 Å². The van der Waals surface area contributed by atoms with Gasteiger partial charge >= 0.3 is 0 Å². The molecule has 2 aromatic rings. The van der Waals surface area contributed by atoms with Crippen LogP contribution in [0.1, 0.15) is 44.5 Å². The van der Waals surface area contributed by atoms with Gasteiger partial charge in [0.25, 0.3) is 11.8 Å². The van der Waals surface area contributed by atoms with Crippen molar-refractivity contribution >= 4 is 35.0 Å². The number of amides is 4. The van der Waals surface area contributed by atoms with E-state index in [0.29, 0.717) is 11.4 Å². The van der Waals surface area contributed by atoms with E-state index >= 15 is 0 Å². The summed E-state index contributed by atoms with van der Waals surface area (Å²) in [6, 6.07) is 10.7. The number of nitrogens with zero attached hydrogens (tertiary/aromatic N) is 2. The molecule has 7 nitrogen and oxygen atoms in total. The van der Waals surface area contributed by atoms with Crippen LogP contribution in [-0.2, 0) is 14.4 Å². The predicted molar refractivity (Wildman–Crippen MR) is 114 cm³/mol. The maximum Gasteiger partial charge on any atom is 0.257 e. The Morgan fingerprint density at radius 2 is 1.68 bits per heavy atom. The molecule has 162 valence electrons. The van der Waals surface area contributed by atoms with Crippen LogP contribution < -0.4 is 10.2 Å². The van der Waals surface area contributed by atoms with E-state index in [1.807, 2.05) is 0 Å². The van der Waals surface area contributed by atoms with Gasteiger partial charge in [0.15, 0.2) is 0 Å². The minimum absolute atomic E-state index is 0.157. The van der Waals surface area contributed by atoms with Gasteiger partial charge in [-0.2, -0.15) is 0 Å². The lowest BCUT2D eigenvalue weighted by Gasteiger charge is -2.39. The van der Waals surface area contributed by atoms with Crippen molar-refractivity contribution in [1.82, 2.24) is 4.90 Å². The molecule has 1 atom stereocenters. The Hall–Kier alpha value is -3.55. The van der Waals surface area contributed by atoms with E-state index in [-0.39, 0.29) is 17.9 Å². The standard InChI is InChI=1S/C23H24FN3O4/c1-14(28)25-15-9-11-16(12-10-15)26-20(29)13-19(22(26)31)27(23(2,3)4)21(30)17-7-5-6-8-18(17)24/h5-12,19H,13H2,1-4H3,(H,25,28). The molecular weight excluding hydrogens is 401 g/mol. The summed E-state index contributed by atoms with van der Waals surface area (Å²) in [6.45, 7) is 6.57. The molecule has 0 saturated carbocycles. The Morgan fingerprint density at radius 3 is 2.23 bits per heavy atom. The van der Waals surface area contributed by atoms with Gasteiger partial charge in [-0.3, -0.25) is 19.2 Å².